The van der Waals surface area contributed by atoms with Gasteiger partial charge in [0, 0.05) is 5.56 Å². The van der Waals surface area contributed by atoms with Crippen LogP contribution in [0.1, 0.15) is 17.5 Å². The minimum absolute atomic E-state index is 0.0886. The number of esters is 1. The van der Waals surface area contributed by atoms with Crippen LogP contribution in [0.5, 0.6) is 0 Å². The van der Waals surface area contributed by atoms with E-state index in [1.54, 1.807) is 6.92 Å². The van der Waals surface area contributed by atoms with E-state index >= 15 is 0 Å². The van der Waals surface area contributed by atoms with Gasteiger partial charge in [0.1, 0.15) is 0 Å². The molecule has 0 aliphatic rings. The number of carbonyl (C=O) groups excluding carboxylic acids is 1. The Hall–Kier alpha value is -1.62. The summed E-state index contributed by atoms with van der Waals surface area (Å²) in [4.78, 5) is 15.7. The lowest BCUT2D eigenvalue weighted by Crippen LogP contribution is -2.03. The van der Waals surface area contributed by atoms with Crippen molar-refractivity contribution in [2.24, 2.45) is 0 Å². The molecule has 0 radical (unpaired) electrons. The molecule has 0 spiro atoms. The molecule has 0 amide bonds. The number of hydrogen-bond donors (Lipinski definition) is 0. The molecule has 0 bridgehead atoms. The molecule has 17 heavy (non-hydrogen) atoms. The van der Waals surface area contributed by atoms with Crippen LogP contribution in [0.25, 0.3) is 11.5 Å². The van der Waals surface area contributed by atoms with E-state index in [9.17, 15) is 4.79 Å². The third kappa shape index (κ3) is 2.55. The van der Waals surface area contributed by atoms with Gasteiger partial charge >= 0.3 is 5.97 Å². The average Bonchev–Trinajstić information content (AvgIpc) is 2.73. The molecule has 88 valence electrons. The fourth-order valence-electron chi connectivity index (χ4n) is 1.33. The molecule has 2 rings (SSSR count). The number of benzene rings is 1. The second kappa shape index (κ2) is 5.14. The zero-order chi connectivity index (χ0) is 12.3. The standard InChI is InChI=1S/C12H10BrNO3/c1-2-16-12(15)9-10(13)14-11(17-9)8-6-4-3-5-7-8/h3-7H,2H2,1H3. The predicted octanol–water partition coefficient (Wildman–Crippen LogP) is 3.28. The Morgan fingerprint density at radius 1 is 1.41 bits per heavy atom. The van der Waals surface area contributed by atoms with Gasteiger partial charge in [0.25, 0.3) is 0 Å². The highest BCUT2D eigenvalue weighted by Gasteiger charge is 2.20. The zero-order valence-electron chi connectivity index (χ0n) is 9.14. The van der Waals surface area contributed by atoms with Crippen molar-refractivity contribution in [2.75, 3.05) is 6.61 Å². The summed E-state index contributed by atoms with van der Waals surface area (Å²) in [6.07, 6.45) is 0. The van der Waals surface area contributed by atoms with E-state index in [0.29, 0.717) is 17.1 Å². The first-order valence-corrected chi connectivity index (χ1v) is 5.90. The monoisotopic (exact) mass is 295 g/mol. The van der Waals surface area contributed by atoms with Crippen molar-refractivity contribution >= 4 is 21.9 Å². The van der Waals surface area contributed by atoms with Crippen LogP contribution >= 0.6 is 15.9 Å². The molecule has 0 saturated heterocycles. The number of rotatable bonds is 3. The lowest BCUT2D eigenvalue weighted by atomic mass is 10.2. The van der Waals surface area contributed by atoms with Crippen molar-refractivity contribution in [3.63, 3.8) is 0 Å². The summed E-state index contributed by atoms with van der Waals surface area (Å²) in [5.41, 5.74) is 0.809. The molecule has 0 aliphatic carbocycles. The van der Waals surface area contributed by atoms with Crippen molar-refractivity contribution in [1.82, 2.24) is 4.98 Å². The molecule has 2 aromatic rings. The Balaban J connectivity index is 2.34. The van der Waals surface area contributed by atoms with Crippen molar-refractivity contribution in [2.45, 2.75) is 6.92 Å². The number of carbonyl (C=O) groups is 1. The van der Waals surface area contributed by atoms with Gasteiger partial charge in [-0.25, -0.2) is 9.78 Å². The van der Waals surface area contributed by atoms with Gasteiger partial charge in [0.2, 0.25) is 11.7 Å². The van der Waals surface area contributed by atoms with Crippen LogP contribution in [0.4, 0.5) is 0 Å². The molecule has 1 heterocycles. The maximum absolute atomic E-state index is 11.5. The summed E-state index contributed by atoms with van der Waals surface area (Å²) in [6, 6.07) is 9.35. The molecule has 0 aliphatic heterocycles. The number of ether oxygens (including phenoxy) is 1. The lowest BCUT2D eigenvalue weighted by Gasteiger charge is -1.97. The Morgan fingerprint density at radius 2 is 2.12 bits per heavy atom. The highest BCUT2D eigenvalue weighted by molar-refractivity contribution is 9.10. The van der Waals surface area contributed by atoms with Crippen LogP contribution in [0.2, 0.25) is 0 Å². The Kier molecular flexibility index (Phi) is 3.58. The second-order valence-electron chi connectivity index (χ2n) is 3.23. The highest BCUT2D eigenvalue weighted by atomic mass is 79.9. The highest BCUT2D eigenvalue weighted by Crippen LogP contribution is 2.25. The molecule has 1 aromatic heterocycles. The first-order chi connectivity index (χ1) is 8.22. The molecule has 4 nitrogen and oxygen atoms in total. The smallest absolute Gasteiger partial charge is 0.377 e. The molecule has 5 heteroatoms. The fraction of sp³-hybridized carbons (Fsp3) is 0.167. The van der Waals surface area contributed by atoms with E-state index < -0.39 is 5.97 Å². The minimum atomic E-state index is -0.519. The van der Waals surface area contributed by atoms with Crippen LogP contribution in [-0.2, 0) is 4.74 Å². The summed E-state index contributed by atoms with van der Waals surface area (Å²) < 4.78 is 10.6. The first-order valence-electron chi connectivity index (χ1n) is 5.11. The van der Waals surface area contributed by atoms with E-state index in [4.69, 9.17) is 9.15 Å². The summed E-state index contributed by atoms with van der Waals surface area (Å²) in [5.74, 6) is -0.0414. The summed E-state index contributed by atoms with van der Waals surface area (Å²) >= 11 is 3.18. The Labute approximate surface area is 107 Å². The van der Waals surface area contributed by atoms with Gasteiger partial charge in [-0.15, -0.1) is 0 Å². The number of halogens is 1. The zero-order valence-corrected chi connectivity index (χ0v) is 10.7. The Morgan fingerprint density at radius 3 is 2.76 bits per heavy atom. The van der Waals surface area contributed by atoms with Gasteiger partial charge in [-0.3, -0.25) is 0 Å². The van der Waals surface area contributed by atoms with Gasteiger partial charge in [-0.05, 0) is 35.0 Å². The third-order valence-electron chi connectivity index (χ3n) is 2.07. The largest absolute Gasteiger partial charge is 0.460 e. The molecular formula is C12H10BrNO3. The molecule has 1 aromatic carbocycles. The summed E-state index contributed by atoms with van der Waals surface area (Å²) in [5, 5.41) is 0. The van der Waals surface area contributed by atoms with Crippen LogP contribution in [-0.4, -0.2) is 17.6 Å². The van der Waals surface area contributed by atoms with E-state index in [2.05, 4.69) is 20.9 Å². The third-order valence-corrected chi connectivity index (χ3v) is 2.60. The lowest BCUT2D eigenvalue weighted by molar-refractivity contribution is 0.0489. The van der Waals surface area contributed by atoms with Crippen molar-refractivity contribution in [3.8, 4) is 11.5 Å². The predicted molar refractivity (Wildman–Crippen MR) is 65.6 cm³/mol. The molecular weight excluding hydrogens is 286 g/mol. The minimum Gasteiger partial charge on any atom is -0.460 e. The topological polar surface area (TPSA) is 52.3 Å². The van der Waals surface area contributed by atoms with Crippen molar-refractivity contribution in [3.05, 3.63) is 40.7 Å². The Bertz CT molecular complexity index is 522. The quantitative estimate of drug-likeness (QED) is 0.816. The van der Waals surface area contributed by atoms with Crippen LogP contribution < -0.4 is 0 Å². The van der Waals surface area contributed by atoms with Crippen LogP contribution in [0, 0.1) is 0 Å². The molecule has 0 atom stereocenters. The normalized spacial score (nSPS) is 10.2. The van der Waals surface area contributed by atoms with Crippen LogP contribution in [0.3, 0.4) is 0 Å². The SMILES string of the molecule is CCOC(=O)c1oc(-c2ccccc2)nc1Br. The maximum Gasteiger partial charge on any atom is 0.377 e. The van der Waals surface area contributed by atoms with Gasteiger partial charge < -0.3 is 9.15 Å². The van der Waals surface area contributed by atoms with Gasteiger partial charge in [-0.1, -0.05) is 18.2 Å². The van der Waals surface area contributed by atoms with E-state index in [1.807, 2.05) is 30.3 Å². The molecule has 0 unspecified atom stereocenters. The molecule has 0 saturated carbocycles. The summed E-state index contributed by atoms with van der Waals surface area (Å²) in [7, 11) is 0. The first kappa shape index (κ1) is 11.9. The molecule has 0 fully saturated rings. The van der Waals surface area contributed by atoms with E-state index in [1.165, 1.54) is 0 Å². The number of aromatic nitrogens is 1. The van der Waals surface area contributed by atoms with E-state index in [0.717, 1.165) is 5.56 Å². The second-order valence-corrected chi connectivity index (χ2v) is 3.98. The average molecular weight is 296 g/mol. The van der Waals surface area contributed by atoms with Crippen molar-refractivity contribution in [1.29, 1.82) is 0 Å². The maximum atomic E-state index is 11.5. The van der Waals surface area contributed by atoms with Crippen LogP contribution in [0.15, 0.2) is 39.4 Å². The van der Waals surface area contributed by atoms with E-state index in [-0.39, 0.29) is 5.76 Å². The fourth-order valence-corrected chi connectivity index (χ4v) is 1.73. The summed E-state index contributed by atoms with van der Waals surface area (Å²) in [6.45, 7) is 2.03. The van der Waals surface area contributed by atoms with Crippen molar-refractivity contribution < 1.29 is 13.9 Å². The number of hydrogen-bond acceptors (Lipinski definition) is 4. The van der Waals surface area contributed by atoms with Gasteiger partial charge in [0.05, 0.1) is 6.61 Å². The molecule has 0 N–H and O–H groups in total. The van der Waals surface area contributed by atoms with Gasteiger partial charge in [-0.2, -0.15) is 0 Å². The number of nitrogens with zero attached hydrogens (tertiary/aromatic N) is 1. The van der Waals surface area contributed by atoms with Gasteiger partial charge in [0.15, 0.2) is 4.60 Å². The number of oxazole rings is 1.